The van der Waals surface area contributed by atoms with Gasteiger partial charge in [0, 0.05) is 36.8 Å². The second kappa shape index (κ2) is 11.2. The molecule has 2 N–H and O–H groups in total. The predicted octanol–water partition coefficient (Wildman–Crippen LogP) is 3.94. The zero-order valence-corrected chi connectivity index (χ0v) is 21.4. The van der Waals surface area contributed by atoms with Gasteiger partial charge in [-0.25, -0.2) is 15.0 Å². The summed E-state index contributed by atoms with van der Waals surface area (Å²) in [5.41, 5.74) is 3.60. The van der Waals surface area contributed by atoms with E-state index in [1.165, 1.54) is 0 Å². The predicted molar refractivity (Wildman–Crippen MR) is 142 cm³/mol. The van der Waals surface area contributed by atoms with Crippen LogP contribution in [0.4, 0.5) is 10.7 Å². The number of thiophene rings is 1. The molecule has 0 aromatic carbocycles. The quantitative estimate of drug-likeness (QED) is 0.425. The lowest BCUT2D eigenvalue weighted by atomic mass is 9.97. The summed E-state index contributed by atoms with van der Waals surface area (Å²) in [6.07, 6.45) is 5.36. The topological polar surface area (TPSA) is 109 Å². The Morgan fingerprint density at radius 2 is 2.06 bits per heavy atom. The molecule has 0 aliphatic carbocycles. The monoisotopic (exact) mass is 522 g/mol. The first-order chi connectivity index (χ1) is 17.6. The number of nitrogens with zero attached hydrogens (tertiary/aromatic N) is 4. The molecule has 0 unspecified atom stereocenters. The van der Waals surface area contributed by atoms with Crippen LogP contribution in [-0.4, -0.2) is 52.8 Å². The average Bonchev–Trinajstić information content (AvgIpc) is 3.54. The van der Waals surface area contributed by atoms with Gasteiger partial charge in [0.05, 0.1) is 29.1 Å². The molecule has 2 aliphatic rings. The van der Waals surface area contributed by atoms with Gasteiger partial charge in [-0.3, -0.25) is 14.9 Å². The number of ether oxygens (including phenoxy) is 1. The van der Waals surface area contributed by atoms with Gasteiger partial charge < -0.3 is 15.0 Å². The number of nitrogens with one attached hydrogen (secondary N) is 2. The van der Waals surface area contributed by atoms with E-state index >= 15 is 0 Å². The Hall–Kier alpha value is -3.28. The van der Waals surface area contributed by atoms with Crippen molar-refractivity contribution in [2.45, 2.75) is 19.4 Å². The highest BCUT2D eigenvalue weighted by Gasteiger charge is 2.26. The van der Waals surface area contributed by atoms with E-state index < -0.39 is 0 Å². The summed E-state index contributed by atoms with van der Waals surface area (Å²) in [6, 6.07) is 7.79. The molecular weight excluding hydrogens is 496 g/mol. The van der Waals surface area contributed by atoms with Gasteiger partial charge in [-0.2, -0.15) is 11.3 Å². The molecule has 5 heterocycles. The van der Waals surface area contributed by atoms with E-state index in [-0.39, 0.29) is 11.1 Å². The number of amides is 2. The molecule has 3 aromatic rings. The Labute approximate surface area is 217 Å². The van der Waals surface area contributed by atoms with Crippen LogP contribution in [0.2, 0.25) is 0 Å². The summed E-state index contributed by atoms with van der Waals surface area (Å²) in [6.45, 7) is 3.26. The maximum absolute atomic E-state index is 11.8. The molecule has 2 amide bonds. The summed E-state index contributed by atoms with van der Waals surface area (Å²) < 4.78 is 5.52. The van der Waals surface area contributed by atoms with E-state index in [1.54, 1.807) is 36.8 Å². The second-order valence-corrected chi connectivity index (χ2v) is 10.3. The van der Waals surface area contributed by atoms with Crippen molar-refractivity contribution < 1.29 is 14.3 Å². The van der Waals surface area contributed by atoms with Crippen molar-refractivity contribution in [1.29, 1.82) is 0 Å². The minimum absolute atomic E-state index is 0.349. The standard InChI is InChI=1S/C25H26N6O3S2/c1-34-21-3-2-19(17-7-11-35-15-17)29-20(21)14-26-13-16-5-9-31(10-6-16)24-27-8-4-18(28-24)12-22-23(32)30-25(33)36-22/h2-4,7-8,11-12,15-16,26H,5-6,9-10,13-14H2,1H3,(H,30,32,33)/b22-12+. The van der Waals surface area contributed by atoms with Crippen molar-refractivity contribution in [3.8, 4) is 17.0 Å². The van der Waals surface area contributed by atoms with E-state index in [0.717, 1.165) is 66.9 Å². The van der Waals surface area contributed by atoms with E-state index in [9.17, 15) is 9.59 Å². The minimum atomic E-state index is -0.385. The Morgan fingerprint density at radius 1 is 1.19 bits per heavy atom. The molecule has 2 fully saturated rings. The van der Waals surface area contributed by atoms with Crippen LogP contribution in [0.15, 0.2) is 46.1 Å². The fourth-order valence-electron chi connectivity index (χ4n) is 4.25. The van der Waals surface area contributed by atoms with Crippen LogP contribution in [0.1, 0.15) is 24.2 Å². The van der Waals surface area contributed by atoms with Crippen LogP contribution in [0.25, 0.3) is 17.3 Å². The van der Waals surface area contributed by atoms with Crippen LogP contribution in [0.3, 0.4) is 0 Å². The van der Waals surface area contributed by atoms with Crippen molar-refractivity contribution in [1.82, 2.24) is 25.6 Å². The molecular formula is C25H26N6O3S2. The maximum Gasteiger partial charge on any atom is 0.290 e. The molecule has 186 valence electrons. The first kappa shape index (κ1) is 24.4. The van der Waals surface area contributed by atoms with Crippen LogP contribution >= 0.6 is 23.1 Å². The van der Waals surface area contributed by atoms with Crippen molar-refractivity contribution in [3.05, 3.63) is 57.5 Å². The fraction of sp³-hybridized carbons (Fsp3) is 0.320. The Morgan fingerprint density at radius 3 is 2.78 bits per heavy atom. The van der Waals surface area contributed by atoms with Crippen LogP contribution < -0.4 is 20.3 Å². The van der Waals surface area contributed by atoms with Gasteiger partial charge in [0.2, 0.25) is 5.95 Å². The zero-order valence-electron chi connectivity index (χ0n) is 19.8. The second-order valence-electron chi connectivity index (χ2n) is 8.55. The number of anilines is 1. The van der Waals surface area contributed by atoms with Crippen LogP contribution in [-0.2, 0) is 11.3 Å². The molecule has 11 heteroatoms. The van der Waals surface area contributed by atoms with Crippen molar-refractivity contribution in [2.24, 2.45) is 5.92 Å². The Bertz CT molecular complexity index is 1270. The first-order valence-corrected chi connectivity index (χ1v) is 13.4. The normalized spacial score (nSPS) is 17.6. The summed E-state index contributed by atoms with van der Waals surface area (Å²) >= 11 is 2.55. The summed E-state index contributed by atoms with van der Waals surface area (Å²) in [5.74, 6) is 1.59. The number of pyridine rings is 1. The summed E-state index contributed by atoms with van der Waals surface area (Å²) in [7, 11) is 1.68. The molecule has 0 atom stereocenters. The highest BCUT2D eigenvalue weighted by Crippen LogP contribution is 2.27. The first-order valence-electron chi connectivity index (χ1n) is 11.7. The SMILES string of the molecule is COc1ccc(-c2ccsc2)nc1CNCC1CCN(c2nccc(/C=C3/SC(=O)NC3=O)n2)CC1. The van der Waals surface area contributed by atoms with Crippen LogP contribution in [0, 0.1) is 5.92 Å². The molecule has 5 rings (SSSR count). The van der Waals surface area contributed by atoms with E-state index in [0.29, 0.717) is 29.0 Å². The zero-order chi connectivity index (χ0) is 24.9. The Balaban J connectivity index is 1.14. The third kappa shape index (κ3) is 5.75. The lowest BCUT2D eigenvalue weighted by Crippen LogP contribution is -2.38. The van der Waals surface area contributed by atoms with Gasteiger partial charge >= 0.3 is 0 Å². The van der Waals surface area contributed by atoms with Crippen molar-refractivity contribution in [3.63, 3.8) is 0 Å². The number of imide groups is 1. The molecule has 0 radical (unpaired) electrons. The van der Waals surface area contributed by atoms with Gasteiger partial charge in [0.15, 0.2) is 0 Å². The lowest BCUT2D eigenvalue weighted by Gasteiger charge is -2.32. The Kier molecular flexibility index (Phi) is 7.59. The van der Waals surface area contributed by atoms with Crippen LogP contribution in [0.5, 0.6) is 5.75 Å². The summed E-state index contributed by atoms with van der Waals surface area (Å²) in [5, 5.41) is 9.62. The number of carbonyl (C=O) groups excluding carboxylic acids is 2. The highest BCUT2D eigenvalue weighted by atomic mass is 32.2. The van der Waals surface area contributed by atoms with E-state index in [1.807, 2.05) is 12.1 Å². The van der Waals surface area contributed by atoms with Gasteiger partial charge in [-0.1, -0.05) is 0 Å². The van der Waals surface area contributed by atoms with Crippen molar-refractivity contribution in [2.75, 3.05) is 31.6 Å². The number of methoxy groups -OCH3 is 1. The van der Waals surface area contributed by atoms with Gasteiger partial charge in [-0.05, 0) is 72.8 Å². The molecule has 0 saturated carbocycles. The fourth-order valence-corrected chi connectivity index (χ4v) is 5.57. The smallest absolute Gasteiger partial charge is 0.290 e. The number of carbonyl (C=O) groups is 2. The number of rotatable bonds is 8. The molecule has 9 nitrogen and oxygen atoms in total. The number of hydrogen-bond acceptors (Lipinski definition) is 10. The van der Waals surface area contributed by atoms with Gasteiger partial charge in [-0.15, -0.1) is 0 Å². The largest absolute Gasteiger partial charge is 0.495 e. The molecule has 0 spiro atoms. The maximum atomic E-state index is 11.8. The molecule has 36 heavy (non-hydrogen) atoms. The van der Waals surface area contributed by atoms with Crippen molar-refractivity contribution >= 4 is 46.3 Å². The van der Waals surface area contributed by atoms with E-state index in [4.69, 9.17) is 9.72 Å². The number of aromatic nitrogens is 3. The number of thioether (sulfide) groups is 1. The molecule has 2 saturated heterocycles. The third-order valence-electron chi connectivity index (χ3n) is 6.18. The number of hydrogen-bond donors (Lipinski definition) is 2. The third-order valence-corrected chi connectivity index (χ3v) is 7.67. The molecule has 3 aromatic heterocycles. The van der Waals surface area contributed by atoms with Gasteiger partial charge in [0.1, 0.15) is 5.75 Å². The average molecular weight is 523 g/mol. The minimum Gasteiger partial charge on any atom is -0.495 e. The molecule has 2 aliphatic heterocycles. The number of piperidine rings is 1. The molecule has 0 bridgehead atoms. The lowest BCUT2D eigenvalue weighted by molar-refractivity contribution is -0.115. The van der Waals surface area contributed by atoms with Gasteiger partial charge in [0.25, 0.3) is 11.1 Å². The highest BCUT2D eigenvalue weighted by molar-refractivity contribution is 8.18. The van der Waals surface area contributed by atoms with E-state index in [2.05, 4.69) is 42.3 Å². The summed E-state index contributed by atoms with van der Waals surface area (Å²) in [4.78, 5) is 39.5.